The SMILES string of the molecule is O=C1C=CC2=C(c3cc(C(=O)O)c(-c4c5ccc(=O)cc-5oc5cc(O)c6ccccc6c45)cc3C(=O)O)c3c(cc(O)c4ccccc34)O[C@H]2C1. The zero-order chi connectivity index (χ0) is 36.0. The molecule has 4 aliphatic rings. The van der Waals surface area contributed by atoms with Gasteiger partial charge >= 0.3 is 11.9 Å². The summed E-state index contributed by atoms with van der Waals surface area (Å²) in [7, 11) is 0. The third-order valence-corrected chi connectivity index (χ3v) is 9.81. The number of hydrogen-bond acceptors (Lipinski definition) is 8. The molecule has 4 N–H and O–H groups in total. The van der Waals surface area contributed by atoms with Gasteiger partial charge in [-0.15, -0.1) is 0 Å². The van der Waals surface area contributed by atoms with Crippen LogP contribution in [0.3, 0.4) is 0 Å². The number of carbonyl (C=O) groups excluding carboxylic acids is 1. The smallest absolute Gasteiger partial charge is 0.336 e. The number of rotatable bonds is 4. The zero-order valence-corrected chi connectivity index (χ0v) is 26.8. The maximum absolute atomic E-state index is 13.4. The summed E-state index contributed by atoms with van der Waals surface area (Å²) in [5, 5.41) is 46.0. The van der Waals surface area contributed by atoms with Crippen LogP contribution in [0.1, 0.15) is 38.3 Å². The van der Waals surface area contributed by atoms with Crippen molar-refractivity contribution in [3.63, 3.8) is 0 Å². The van der Waals surface area contributed by atoms with Gasteiger partial charge in [-0.2, -0.15) is 0 Å². The first kappa shape index (κ1) is 30.8. The number of hydrogen-bond donors (Lipinski definition) is 4. The van der Waals surface area contributed by atoms with Gasteiger partial charge in [-0.05, 0) is 52.2 Å². The summed E-state index contributed by atoms with van der Waals surface area (Å²) in [6.07, 6.45) is 2.06. The molecule has 52 heavy (non-hydrogen) atoms. The van der Waals surface area contributed by atoms with E-state index < -0.39 is 18.0 Å². The monoisotopic (exact) mass is 688 g/mol. The van der Waals surface area contributed by atoms with Crippen LogP contribution in [-0.2, 0) is 4.79 Å². The third-order valence-electron chi connectivity index (χ3n) is 9.81. The first-order valence-corrected chi connectivity index (χ1v) is 16.2. The first-order valence-electron chi connectivity index (χ1n) is 16.2. The highest BCUT2D eigenvalue weighted by atomic mass is 16.5. The fraction of sp³-hybridized carbons (Fsp3) is 0.0476. The summed E-state index contributed by atoms with van der Waals surface area (Å²) < 4.78 is 12.4. The maximum atomic E-state index is 13.4. The molecular formula is C42H24O10. The highest BCUT2D eigenvalue weighted by molar-refractivity contribution is 6.20. The van der Waals surface area contributed by atoms with Gasteiger partial charge in [0.05, 0.1) is 17.5 Å². The topological polar surface area (TPSA) is 172 Å². The summed E-state index contributed by atoms with van der Waals surface area (Å²) in [6, 6.07) is 23.4. The van der Waals surface area contributed by atoms with Gasteiger partial charge in [0.15, 0.2) is 11.2 Å². The summed E-state index contributed by atoms with van der Waals surface area (Å²) in [6.45, 7) is 0. The van der Waals surface area contributed by atoms with Gasteiger partial charge < -0.3 is 29.6 Å². The number of carbonyl (C=O) groups is 3. The maximum Gasteiger partial charge on any atom is 0.336 e. The van der Waals surface area contributed by atoms with Gasteiger partial charge in [0.1, 0.15) is 34.7 Å². The average molecular weight is 689 g/mol. The minimum atomic E-state index is -1.36. The number of carboxylic acid groups (broad SMARTS) is 2. The molecule has 252 valence electrons. The number of ketones is 1. The van der Waals surface area contributed by atoms with Crippen LogP contribution >= 0.6 is 0 Å². The third kappa shape index (κ3) is 4.51. The summed E-state index contributed by atoms with van der Waals surface area (Å²) >= 11 is 0. The number of aromatic hydroxyl groups is 2. The molecule has 0 amide bonds. The largest absolute Gasteiger partial charge is 0.507 e. The van der Waals surface area contributed by atoms with Crippen LogP contribution in [0.15, 0.2) is 118 Å². The molecule has 0 aromatic heterocycles. The van der Waals surface area contributed by atoms with E-state index in [1.807, 2.05) is 0 Å². The molecule has 0 saturated heterocycles. The average Bonchev–Trinajstić information content (AvgIpc) is 3.12. The van der Waals surface area contributed by atoms with Crippen molar-refractivity contribution in [3.05, 3.63) is 141 Å². The number of phenolic OH excluding ortho intramolecular Hbond substituents is 2. The number of carboxylic acids is 2. The van der Waals surface area contributed by atoms with E-state index in [9.17, 15) is 39.6 Å². The summed E-state index contributed by atoms with van der Waals surface area (Å²) in [4.78, 5) is 51.8. The van der Waals surface area contributed by atoms with Crippen molar-refractivity contribution in [2.24, 2.45) is 0 Å². The summed E-state index contributed by atoms with van der Waals surface area (Å²) in [5.41, 5.74) is 1.28. The van der Waals surface area contributed by atoms with Crippen LogP contribution < -0.4 is 10.2 Å². The van der Waals surface area contributed by atoms with Crippen molar-refractivity contribution in [1.29, 1.82) is 0 Å². The minimum absolute atomic E-state index is 0.0355. The Bertz CT molecular complexity index is 2870. The van der Waals surface area contributed by atoms with Gasteiger partial charge in [-0.1, -0.05) is 54.6 Å². The van der Waals surface area contributed by atoms with E-state index in [4.69, 9.17) is 9.15 Å². The van der Waals surface area contributed by atoms with E-state index in [0.717, 1.165) is 0 Å². The van der Waals surface area contributed by atoms with E-state index in [2.05, 4.69) is 0 Å². The lowest BCUT2D eigenvalue weighted by molar-refractivity contribution is -0.116. The fourth-order valence-corrected chi connectivity index (χ4v) is 7.63. The van der Waals surface area contributed by atoms with Gasteiger partial charge in [-0.25, -0.2) is 9.59 Å². The van der Waals surface area contributed by atoms with E-state index >= 15 is 0 Å². The molecule has 0 saturated carbocycles. The molecule has 10 nitrogen and oxygen atoms in total. The molecule has 1 atom stereocenters. The molecule has 2 heterocycles. The van der Waals surface area contributed by atoms with E-state index in [-0.39, 0.29) is 68.5 Å². The molecule has 0 spiro atoms. The fourth-order valence-electron chi connectivity index (χ4n) is 7.63. The molecule has 0 unspecified atom stereocenters. The summed E-state index contributed by atoms with van der Waals surface area (Å²) in [5.74, 6) is -2.80. The van der Waals surface area contributed by atoms with Crippen LogP contribution in [0, 0.1) is 0 Å². The molecule has 0 bridgehead atoms. The molecule has 10 heteroatoms. The quantitative estimate of drug-likeness (QED) is 0.106. The van der Waals surface area contributed by atoms with Gasteiger partial charge in [0.2, 0.25) is 0 Å². The van der Waals surface area contributed by atoms with Crippen molar-refractivity contribution in [2.45, 2.75) is 12.5 Å². The standard InChI is InChI=1S/C42H24O10/c43-19-9-11-25-33(13-19)51-35-17-31(45)21-5-1-3-7-23(21)39(35)37(25)27-15-30(42(49)50)28(16-29(27)41(47)48)38-26-12-10-20(44)14-34(26)52-36-18-32(46)22-6-2-4-8-24(22)40(36)38/h1-13,15-18,34,45-46H,14H2,(H,47,48)(H,49,50)/t34-/m0/s1. The van der Waals surface area contributed by atoms with Crippen molar-refractivity contribution in [2.75, 3.05) is 0 Å². The molecule has 0 fully saturated rings. The van der Waals surface area contributed by atoms with Crippen LogP contribution in [-0.4, -0.2) is 44.3 Å². The van der Waals surface area contributed by atoms with Crippen molar-refractivity contribution in [3.8, 4) is 39.7 Å². The zero-order valence-electron chi connectivity index (χ0n) is 26.8. The second kappa shape index (κ2) is 11.2. The minimum Gasteiger partial charge on any atom is -0.507 e. The molecule has 5 aromatic carbocycles. The Balaban J connectivity index is 1.45. The second-order valence-electron chi connectivity index (χ2n) is 12.8. The van der Waals surface area contributed by atoms with Gasteiger partial charge in [0, 0.05) is 62.2 Å². The Hall–Kier alpha value is -7.20. The number of phenols is 2. The number of ether oxygens (including phenoxy) is 1. The molecule has 2 aliphatic carbocycles. The van der Waals surface area contributed by atoms with Crippen molar-refractivity contribution >= 4 is 55.8 Å². The Kier molecular flexibility index (Phi) is 6.61. The van der Waals surface area contributed by atoms with E-state index in [0.29, 0.717) is 54.8 Å². The van der Waals surface area contributed by atoms with Crippen molar-refractivity contribution < 1.29 is 44.0 Å². The van der Waals surface area contributed by atoms with Crippen LogP contribution in [0.5, 0.6) is 17.2 Å². The lowest BCUT2D eigenvalue weighted by atomic mass is 9.79. The molecular weight excluding hydrogens is 664 g/mol. The number of fused-ring (bicyclic) bond motifs is 8. The Morgan fingerprint density at radius 1 is 0.654 bits per heavy atom. The predicted octanol–water partition coefficient (Wildman–Crippen LogP) is 7.77. The molecule has 9 rings (SSSR count). The predicted molar refractivity (Wildman–Crippen MR) is 192 cm³/mol. The Morgan fingerprint density at radius 3 is 2.02 bits per heavy atom. The highest BCUT2D eigenvalue weighted by Gasteiger charge is 2.36. The molecule has 0 radical (unpaired) electrons. The lowest BCUT2D eigenvalue weighted by Crippen LogP contribution is -2.29. The van der Waals surface area contributed by atoms with Crippen LogP contribution in [0.4, 0.5) is 0 Å². The highest BCUT2D eigenvalue weighted by Crippen LogP contribution is 2.51. The first-order chi connectivity index (χ1) is 25.1. The Labute approximate surface area is 292 Å². The molecule has 2 aliphatic heterocycles. The lowest BCUT2D eigenvalue weighted by Gasteiger charge is -2.33. The number of aromatic carboxylic acids is 2. The van der Waals surface area contributed by atoms with Gasteiger partial charge in [0.25, 0.3) is 0 Å². The van der Waals surface area contributed by atoms with E-state index in [1.165, 1.54) is 48.5 Å². The van der Waals surface area contributed by atoms with Crippen molar-refractivity contribution in [1.82, 2.24) is 0 Å². The second-order valence-corrected chi connectivity index (χ2v) is 12.8. The Morgan fingerprint density at radius 2 is 1.29 bits per heavy atom. The number of allylic oxidation sites excluding steroid dienone is 1. The van der Waals surface area contributed by atoms with Gasteiger partial charge in [-0.3, -0.25) is 9.59 Å². The molecule has 5 aromatic rings. The number of benzene rings is 6. The van der Waals surface area contributed by atoms with Crippen LogP contribution in [0.2, 0.25) is 0 Å². The normalized spacial score (nSPS) is 15.2. The van der Waals surface area contributed by atoms with E-state index in [1.54, 1.807) is 54.6 Å². The van der Waals surface area contributed by atoms with Crippen LogP contribution in [0.25, 0.3) is 60.5 Å².